The molecule has 31 heavy (non-hydrogen) atoms. The van der Waals surface area contributed by atoms with Crippen molar-refractivity contribution in [3.05, 3.63) is 103 Å². The number of hydrogen-bond acceptors (Lipinski definition) is 2. The highest BCUT2D eigenvalue weighted by Crippen LogP contribution is 2.38. The van der Waals surface area contributed by atoms with E-state index < -0.39 is 0 Å². The molecule has 4 aromatic heterocycles. The van der Waals surface area contributed by atoms with Crippen molar-refractivity contribution in [1.29, 1.82) is 0 Å². The van der Waals surface area contributed by atoms with Crippen molar-refractivity contribution in [2.75, 3.05) is 0 Å². The summed E-state index contributed by atoms with van der Waals surface area (Å²) in [6.07, 6.45) is 7.72. The second kappa shape index (κ2) is 6.12. The van der Waals surface area contributed by atoms with Gasteiger partial charge in [-0.15, -0.1) is 0 Å². The molecular weight excluding hydrogens is 382 g/mol. The van der Waals surface area contributed by atoms with Gasteiger partial charge in [-0.3, -0.25) is 9.97 Å². The van der Waals surface area contributed by atoms with Gasteiger partial charge < -0.3 is 0 Å². The van der Waals surface area contributed by atoms with Crippen LogP contribution in [-0.4, -0.2) is 19.1 Å². The number of imidazole rings is 1. The first-order chi connectivity index (χ1) is 15.4. The molecule has 0 fully saturated rings. The van der Waals surface area contributed by atoms with Gasteiger partial charge in [-0.1, -0.05) is 36.4 Å². The Bertz CT molecular complexity index is 1590. The molecule has 146 valence electrons. The summed E-state index contributed by atoms with van der Waals surface area (Å²) in [5.74, 6) is 1.16. The molecule has 0 saturated carbocycles. The first-order valence-electron chi connectivity index (χ1n) is 10.4. The second-order valence-corrected chi connectivity index (χ2v) is 7.85. The Morgan fingerprint density at radius 3 is 2.16 bits per heavy atom. The highest BCUT2D eigenvalue weighted by Gasteiger charge is 2.37. The van der Waals surface area contributed by atoms with E-state index >= 15 is 0 Å². The number of nitrogens with zero attached hydrogens (tertiary/aromatic N) is 5. The maximum atomic E-state index is 4.48. The number of aromatic nitrogens is 5. The Kier molecular flexibility index (Phi) is 3.27. The quantitative estimate of drug-likeness (QED) is 0.395. The molecule has 5 heteroatoms. The molecule has 5 nitrogen and oxygen atoms in total. The maximum absolute atomic E-state index is 4.48. The molecule has 0 saturated heterocycles. The Labute approximate surface area is 178 Å². The molecule has 0 atom stereocenters. The van der Waals surface area contributed by atoms with E-state index in [1.165, 1.54) is 22.3 Å². The summed E-state index contributed by atoms with van der Waals surface area (Å²) in [6, 6.07) is 25.4. The lowest BCUT2D eigenvalue weighted by Gasteiger charge is -2.04. The van der Waals surface area contributed by atoms with Gasteiger partial charge in [0.05, 0.1) is 17.5 Å². The highest BCUT2D eigenvalue weighted by atomic mass is 15.3. The predicted molar refractivity (Wildman–Crippen MR) is 120 cm³/mol. The van der Waals surface area contributed by atoms with Gasteiger partial charge in [-0.25, -0.2) is 13.7 Å². The number of para-hydroxylation sites is 2. The topological polar surface area (TPSA) is 39.5 Å². The van der Waals surface area contributed by atoms with E-state index in [1.54, 1.807) is 0 Å². The van der Waals surface area contributed by atoms with Crippen molar-refractivity contribution in [2.45, 2.75) is 6.54 Å². The van der Waals surface area contributed by atoms with Crippen LogP contribution in [0, 0.1) is 0 Å². The van der Waals surface area contributed by atoms with Gasteiger partial charge >= 0.3 is 0 Å². The van der Waals surface area contributed by atoms with E-state index in [4.69, 9.17) is 0 Å². The molecule has 5 heterocycles. The fourth-order valence-corrected chi connectivity index (χ4v) is 4.92. The third-order valence-electron chi connectivity index (χ3n) is 6.17. The molecular formula is C26H18N5+. The number of hydrogen-bond donors (Lipinski definition) is 0. The predicted octanol–water partition coefficient (Wildman–Crippen LogP) is 4.68. The highest BCUT2D eigenvalue weighted by molar-refractivity contribution is 6.06. The normalized spacial score (nSPS) is 12.4. The van der Waals surface area contributed by atoms with Gasteiger partial charge in [0.15, 0.2) is 5.52 Å². The van der Waals surface area contributed by atoms with Crippen LogP contribution in [0.5, 0.6) is 0 Å². The molecule has 2 aromatic carbocycles. The van der Waals surface area contributed by atoms with Crippen LogP contribution in [0.15, 0.2) is 97.6 Å². The summed E-state index contributed by atoms with van der Waals surface area (Å²) >= 11 is 0. The zero-order valence-electron chi connectivity index (χ0n) is 16.7. The molecule has 0 spiro atoms. The average molecular weight is 400 g/mol. The first kappa shape index (κ1) is 16.5. The molecule has 0 amide bonds. The van der Waals surface area contributed by atoms with Crippen LogP contribution < -0.4 is 4.57 Å². The lowest BCUT2D eigenvalue weighted by Crippen LogP contribution is -2.33. The minimum Gasteiger partial charge on any atom is -0.264 e. The summed E-state index contributed by atoms with van der Waals surface area (Å²) < 4.78 is 7.14. The Hall–Kier alpha value is -4.25. The third-order valence-corrected chi connectivity index (χ3v) is 6.17. The van der Waals surface area contributed by atoms with E-state index in [0.29, 0.717) is 0 Å². The summed E-state index contributed by atoms with van der Waals surface area (Å²) in [5, 5.41) is 1.14. The SMILES string of the molecule is c1ccc(-n2c3[n+](c4c2c2cnccc2n4-c2ccccc2)Cc2ccncc2-3)cc1. The van der Waals surface area contributed by atoms with E-state index in [9.17, 15) is 0 Å². The molecule has 7 rings (SSSR count). The minimum atomic E-state index is 0.820. The Morgan fingerprint density at radius 2 is 1.39 bits per heavy atom. The van der Waals surface area contributed by atoms with Crippen LogP contribution in [0.1, 0.15) is 5.56 Å². The summed E-state index contributed by atoms with van der Waals surface area (Å²) in [7, 11) is 0. The fraction of sp³-hybridized carbons (Fsp3) is 0.0385. The number of fused-ring (bicyclic) bond motifs is 7. The smallest absolute Gasteiger partial charge is 0.264 e. The minimum absolute atomic E-state index is 0.820. The average Bonchev–Trinajstić information content (AvgIpc) is 3.47. The first-order valence-corrected chi connectivity index (χ1v) is 10.4. The van der Waals surface area contributed by atoms with Crippen molar-refractivity contribution in [1.82, 2.24) is 19.1 Å². The van der Waals surface area contributed by atoms with Crippen LogP contribution in [0.2, 0.25) is 0 Å². The van der Waals surface area contributed by atoms with Crippen LogP contribution >= 0.6 is 0 Å². The number of benzene rings is 2. The fourth-order valence-electron chi connectivity index (χ4n) is 4.92. The van der Waals surface area contributed by atoms with E-state index in [2.05, 4.69) is 96.5 Å². The maximum Gasteiger partial charge on any atom is 0.275 e. The van der Waals surface area contributed by atoms with Crippen LogP contribution in [0.4, 0.5) is 0 Å². The van der Waals surface area contributed by atoms with Crippen LogP contribution in [0.25, 0.3) is 44.8 Å². The van der Waals surface area contributed by atoms with Crippen LogP contribution in [0.3, 0.4) is 0 Å². The van der Waals surface area contributed by atoms with Crippen molar-refractivity contribution in [3.63, 3.8) is 0 Å². The summed E-state index contributed by atoms with van der Waals surface area (Å²) in [4.78, 5) is 8.93. The molecule has 0 radical (unpaired) electrons. The van der Waals surface area contributed by atoms with Gasteiger partial charge in [-0.2, -0.15) is 0 Å². The zero-order valence-corrected chi connectivity index (χ0v) is 16.7. The lowest BCUT2D eigenvalue weighted by atomic mass is 10.1. The number of rotatable bonds is 2. The van der Waals surface area contributed by atoms with Crippen LogP contribution in [-0.2, 0) is 6.54 Å². The van der Waals surface area contributed by atoms with Crippen molar-refractivity contribution in [3.8, 4) is 22.8 Å². The standard InChI is InChI=1S/C26H18N5/c1-3-7-19(8-4-1)30-23-12-14-28-16-22(23)24-26(30)29-17-18-11-13-27-15-21(18)25(29)31(24)20-9-5-2-6-10-20/h1-16H,17H2/q+1. The van der Waals surface area contributed by atoms with Gasteiger partial charge in [0.1, 0.15) is 16.9 Å². The molecule has 0 N–H and O–H groups in total. The van der Waals surface area contributed by atoms with Gasteiger partial charge in [0.2, 0.25) is 5.82 Å². The largest absolute Gasteiger partial charge is 0.275 e. The monoisotopic (exact) mass is 400 g/mol. The summed E-state index contributed by atoms with van der Waals surface area (Å²) in [6.45, 7) is 0.820. The van der Waals surface area contributed by atoms with Gasteiger partial charge in [-0.05, 0) is 36.4 Å². The Balaban J connectivity index is 1.73. The second-order valence-electron chi connectivity index (χ2n) is 7.85. The number of pyridine rings is 2. The Morgan fingerprint density at radius 1 is 0.710 bits per heavy atom. The summed E-state index contributed by atoms with van der Waals surface area (Å²) in [5.41, 5.74) is 8.24. The molecule has 0 bridgehead atoms. The van der Waals surface area contributed by atoms with Gasteiger partial charge in [0, 0.05) is 30.4 Å². The van der Waals surface area contributed by atoms with Crippen molar-refractivity contribution >= 4 is 22.1 Å². The van der Waals surface area contributed by atoms with Crippen molar-refractivity contribution in [2.24, 2.45) is 0 Å². The van der Waals surface area contributed by atoms with E-state index in [-0.39, 0.29) is 0 Å². The lowest BCUT2D eigenvalue weighted by molar-refractivity contribution is -0.648. The molecule has 0 unspecified atom stereocenters. The molecule has 6 aromatic rings. The molecule has 1 aliphatic rings. The van der Waals surface area contributed by atoms with Crippen molar-refractivity contribution < 1.29 is 4.57 Å². The third kappa shape index (κ3) is 2.17. The molecule has 0 aliphatic carbocycles. The zero-order chi connectivity index (χ0) is 20.4. The van der Waals surface area contributed by atoms with E-state index in [0.717, 1.165) is 34.6 Å². The molecule has 1 aliphatic heterocycles. The van der Waals surface area contributed by atoms with E-state index in [1.807, 2.05) is 24.8 Å². The van der Waals surface area contributed by atoms with Gasteiger partial charge in [0.25, 0.3) is 5.65 Å².